The van der Waals surface area contributed by atoms with Crippen LogP contribution in [0.5, 0.6) is 11.5 Å². The normalized spacial score (nSPS) is 19.2. The number of hydrogen-bond acceptors (Lipinski definition) is 6. The molecule has 1 atom stereocenters. The quantitative estimate of drug-likeness (QED) is 0.342. The summed E-state index contributed by atoms with van der Waals surface area (Å²) in [7, 11) is 0. The average molecular weight is 485 g/mol. The molecule has 4 rings (SSSR count). The molecular formula is C26H29ClN2O5. The Morgan fingerprint density at radius 1 is 1.09 bits per heavy atom. The second-order valence-corrected chi connectivity index (χ2v) is 8.72. The Hall–Kier alpha value is -3.03. The number of amides is 1. The maximum Gasteiger partial charge on any atom is 0.295 e. The fraction of sp³-hybridized carbons (Fsp3) is 0.385. The number of rotatable bonds is 8. The fourth-order valence-corrected chi connectivity index (χ4v) is 4.68. The van der Waals surface area contributed by atoms with Crippen molar-refractivity contribution in [1.82, 2.24) is 9.80 Å². The van der Waals surface area contributed by atoms with Crippen LogP contribution in [0.4, 0.5) is 0 Å². The van der Waals surface area contributed by atoms with E-state index in [1.54, 1.807) is 41.3 Å². The van der Waals surface area contributed by atoms with Gasteiger partial charge in [-0.15, -0.1) is 0 Å². The van der Waals surface area contributed by atoms with Crippen molar-refractivity contribution in [3.8, 4) is 11.5 Å². The summed E-state index contributed by atoms with van der Waals surface area (Å²) in [6, 6.07) is 11.3. The summed E-state index contributed by atoms with van der Waals surface area (Å²) in [6.45, 7) is 8.05. The summed E-state index contributed by atoms with van der Waals surface area (Å²) in [5.41, 5.74) is 1.11. The minimum absolute atomic E-state index is 0.0479. The highest BCUT2D eigenvalue weighted by molar-refractivity contribution is 6.46. The lowest BCUT2D eigenvalue weighted by Gasteiger charge is -2.27. The van der Waals surface area contributed by atoms with Gasteiger partial charge in [-0.05, 0) is 62.0 Å². The van der Waals surface area contributed by atoms with Crippen LogP contribution in [0, 0.1) is 0 Å². The van der Waals surface area contributed by atoms with Crippen LogP contribution < -0.4 is 9.47 Å². The Kier molecular flexibility index (Phi) is 7.44. The SMILES string of the molecule is CCN(CC)CCCN1C(=O)C(=O)C(=C(O)c2ccc3c(c2)OCCO3)[C@H]1c1cccc(Cl)c1. The zero-order valence-electron chi connectivity index (χ0n) is 19.4. The number of Topliss-reactive ketones (excluding diaryl/α,β-unsaturated/α-hetero) is 1. The van der Waals surface area contributed by atoms with Crippen molar-refractivity contribution in [3.05, 3.63) is 64.2 Å². The summed E-state index contributed by atoms with van der Waals surface area (Å²) in [4.78, 5) is 30.1. The highest BCUT2D eigenvalue weighted by atomic mass is 35.5. The highest BCUT2D eigenvalue weighted by Crippen LogP contribution is 2.41. The Bertz CT molecular complexity index is 1110. The van der Waals surface area contributed by atoms with Crippen molar-refractivity contribution in [2.24, 2.45) is 0 Å². The Morgan fingerprint density at radius 3 is 2.53 bits per heavy atom. The second kappa shape index (κ2) is 10.5. The lowest BCUT2D eigenvalue weighted by molar-refractivity contribution is -0.140. The van der Waals surface area contributed by atoms with Crippen LogP contribution >= 0.6 is 11.6 Å². The molecule has 0 spiro atoms. The predicted molar refractivity (Wildman–Crippen MR) is 130 cm³/mol. The summed E-state index contributed by atoms with van der Waals surface area (Å²) >= 11 is 6.25. The van der Waals surface area contributed by atoms with Gasteiger partial charge in [-0.25, -0.2) is 0 Å². The minimum atomic E-state index is -0.733. The molecule has 0 bridgehead atoms. The number of ketones is 1. The molecule has 0 aromatic heterocycles. The van der Waals surface area contributed by atoms with Crippen LogP contribution in [0.2, 0.25) is 5.02 Å². The molecule has 34 heavy (non-hydrogen) atoms. The lowest BCUT2D eigenvalue weighted by Crippen LogP contribution is -2.33. The van der Waals surface area contributed by atoms with Crippen LogP contribution in [0.15, 0.2) is 48.0 Å². The zero-order chi connectivity index (χ0) is 24.2. The van der Waals surface area contributed by atoms with Crippen molar-refractivity contribution in [1.29, 1.82) is 0 Å². The van der Waals surface area contributed by atoms with Gasteiger partial charge in [0.1, 0.15) is 19.0 Å². The fourth-order valence-electron chi connectivity index (χ4n) is 4.48. The number of nitrogens with zero attached hydrogens (tertiary/aromatic N) is 2. The first-order chi connectivity index (χ1) is 16.4. The molecule has 0 radical (unpaired) electrons. The van der Waals surface area contributed by atoms with Crippen molar-refractivity contribution in [2.45, 2.75) is 26.3 Å². The van der Waals surface area contributed by atoms with E-state index in [0.717, 1.165) is 19.6 Å². The highest BCUT2D eigenvalue weighted by Gasteiger charge is 2.46. The summed E-state index contributed by atoms with van der Waals surface area (Å²) in [5.74, 6) is -0.510. The number of likely N-dealkylation sites (tertiary alicyclic amines) is 1. The van der Waals surface area contributed by atoms with Gasteiger partial charge in [0.2, 0.25) is 0 Å². The van der Waals surface area contributed by atoms with Crippen LogP contribution in [-0.4, -0.2) is 66.0 Å². The lowest BCUT2D eigenvalue weighted by atomic mass is 9.95. The Morgan fingerprint density at radius 2 is 1.82 bits per heavy atom. The van der Waals surface area contributed by atoms with E-state index < -0.39 is 17.7 Å². The van der Waals surface area contributed by atoms with Gasteiger partial charge in [0.05, 0.1) is 11.6 Å². The third-order valence-corrected chi connectivity index (χ3v) is 6.52. The van der Waals surface area contributed by atoms with Crippen molar-refractivity contribution >= 4 is 29.1 Å². The number of carbonyl (C=O) groups is 2. The number of aliphatic hydroxyl groups excluding tert-OH is 1. The molecule has 180 valence electrons. The van der Waals surface area contributed by atoms with Gasteiger partial charge in [-0.3, -0.25) is 9.59 Å². The number of carbonyl (C=O) groups excluding carboxylic acids is 2. The molecule has 8 heteroatoms. The molecule has 0 aliphatic carbocycles. The topological polar surface area (TPSA) is 79.3 Å². The number of hydrogen-bond donors (Lipinski definition) is 1. The molecule has 0 unspecified atom stereocenters. The Labute approximate surface area is 204 Å². The van der Waals surface area contributed by atoms with Gasteiger partial charge >= 0.3 is 0 Å². The maximum absolute atomic E-state index is 13.2. The second-order valence-electron chi connectivity index (χ2n) is 8.29. The third kappa shape index (κ3) is 4.76. The molecule has 2 aromatic rings. The van der Waals surface area contributed by atoms with E-state index in [9.17, 15) is 14.7 Å². The Balaban J connectivity index is 1.73. The van der Waals surface area contributed by atoms with Gasteiger partial charge in [-0.1, -0.05) is 37.6 Å². The van der Waals surface area contributed by atoms with Crippen LogP contribution in [0.3, 0.4) is 0 Å². The number of halogens is 1. The monoisotopic (exact) mass is 484 g/mol. The van der Waals surface area contributed by atoms with Crippen LogP contribution in [0.1, 0.15) is 37.4 Å². The first kappa shape index (κ1) is 24.1. The molecule has 1 N–H and O–H groups in total. The van der Waals surface area contributed by atoms with Crippen molar-refractivity contribution in [3.63, 3.8) is 0 Å². The van der Waals surface area contributed by atoms with Crippen molar-refractivity contribution in [2.75, 3.05) is 39.4 Å². The molecule has 1 saturated heterocycles. The van der Waals surface area contributed by atoms with E-state index in [1.807, 2.05) is 6.07 Å². The third-order valence-electron chi connectivity index (χ3n) is 6.29. The molecule has 2 aliphatic rings. The standard InChI is InChI=1S/C26H29ClN2O5/c1-3-28(4-2)11-6-12-29-23(17-7-5-8-19(27)15-17)22(25(31)26(29)32)24(30)18-9-10-20-21(16-18)34-14-13-33-20/h5,7-10,15-16,23,30H,3-4,6,11-14H2,1-2H3/t23-/m1/s1. The van der Waals surface area contributed by atoms with E-state index in [1.165, 1.54) is 0 Å². The predicted octanol–water partition coefficient (Wildman–Crippen LogP) is 4.26. The first-order valence-electron chi connectivity index (χ1n) is 11.6. The molecule has 2 heterocycles. The van der Waals surface area contributed by atoms with E-state index >= 15 is 0 Å². The van der Waals surface area contributed by atoms with Crippen LogP contribution in [-0.2, 0) is 9.59 Å². The minimum Gasteiger partial charge on any atom is -0.507 e. The molecule has 1 amide bonds. The van der Waals surface area contributed by atoms with E-state index in [-0.39, 0.29) is 11.3 Å². The smallest absolute Gasteiger partial charge is 0.295 e. The molecule has 7 nitrogen and oxygen atoms in total. The molecule has 0 saturated carbocycles. The van der Waals surface area contributed by atoms with Gasteiger partial charge in [0.15, 0.2) is 11.5 Å². The van der Waals surface area contributed by atoms with Crippen molar-refractivity contribution < 1.29 is 24.2 Å². The first-order valence-corrected chi connectivity index (χ1v) is 12.0. The molecule has 2 aliphatic heterocycles. The number of benzene rings is 2. The molecular weight excluding hydrogens is 456 g/mol. The summed E-state index contributed by atoms with van der Waals surface area (Å²) in [6.07, 6.45) is 0.704. The number of ether oxygens (including phenoxy) is 2. The van der Waals surface area contributed by atoms with Gasteiger partial charge in [-0.2, -0.15) is 0 Å². The van der Waals surface area contributed by atoms with E-state index in [0.29, 0.717) is 53.8 Å². The van der Waals surface area contributed by atoms with E-state index in [4.69, 9.17) is 21.1 Å². The number of fused-ring (bicyclic) bond motifs is 1. The zero-order valence-corrected chi connectivity index (χ0v) is 20.2. The van der Waals surface area contributed by atoms with E-state index in [2.05, 4.69) is 18.7 Å². The summed E-state index contributed by atoms with van der Waals surface area (Å²) < 4.78 is 11.2. The molecule has 1 fully saturated rings. The van der Waals surface area contributed by atoms with Gasteiger partial charge < -0.3 is 24.4 Å². The largest absolute Gasteiger partial charge is 0.507 e. The molecule has 2 aromatic carbocycles. The van der Waals surface area contributed by atoms with Gasteiger partial charge in [0.25, 0.3) is 11.7 Å². The van der Waals surface area contributed by atoms with Gasteiger partial charge in [0, 0.05) is 17.1 Å². The maximum atomic E-state index is 13.2. The average Bonchev–Trinajstić information content (AvgIpc) is 3.11. The number of aliphatic hydroxyl groups is 1. The van der Waals surface area contributed by atoms with Crippen LogP contribution in [0.25, 0.3) is 5.76 Å². The summed E-state index contributed by atoms with van der Waals surface area (Å²) in [5, 5.41) is 11.8.